The average Bonchev–Trinajstić information content (AvgIpc) is 3.35. The van der Waals surface area contributed by atoms with Gasteiger partial charge in [-0.15, -0.1) is 11.3 Å². The molecule has 1 aliphatic heterocycles. The predicted octanol–water partition coefficient (Wildman–Crippen LogP) is 5.80. The molecule has 5 rings (SSSR count). The summed E-state index contributed by atoms with van der Waals surface area (Å²) in [6.45, 7) is 4.43. The zero-order chi connectivity index (χ0) is 21.4. The normalized spacial score (nSPS) is 15.0. The van der Waals surface area contributed by atoms with E-state index in [0.717, 1.165) is 53.2 Å². The highest BCUT2D eigenvalue weighted by Crippen LogP contribution is 2.38. The number of fused-ring (bicyclic) bond motifs is 2. The van der Waals surface area contributed by atoms with E-state index in [0.29, 0.717) is 26.6 Å². The van der Waals surface area contributed by atoms with Gasteiger partial charge in [0.2, 0.25) is 0 Å². The average molecular weight is 492 g/mol. The summed E-state index contributed by atoms with van der Waals surface area (Å²) < 4.78 is 7.40. The summed E-state index contributed by atoms with van der Waals surface area (Å²) >= 11 is 15.7. The van der Waals surface area contributed by atoms with E-state index >= 15 is 0 Å². The van der Waals surface area contributed by atoms with Crippen LogP contribution in [0.15, 0.2) is 42.5 Å². The SMILES string of the molecule is O=C(c1sc2ccccc2c1Cl)N(CCN1CCOCC1)c1nc2ccc(Cl)cc2s1. The Kier molecular flexibility index (Phi) is 6.14. The third-order valence-electron chi connectivity index (χ3n) is 5.29. The third-order valence-corrected chi connectivity index (χ3v) is 8.23. The molecule has 3 heterocycles. The van der Waals surface area contributed by atoms with Crippen molar-refractivity contribution in [3.63, 3.8) is 0 Å². The van der Waals surface area contributed by atoms with Gasteiger partial charge in [-0.25, -0.2) is 4.98 Å². The maximum atomic E-state index is 13.7. The second-order valence-electron chi connectivity index (χ2n) is 7.26. The van der Waals surface area contributed by atoms with E-state index in [1.807, 2.05) is 42.5 Å². The van der Waals surface area contributed by atoms with Crippen molar-refractivity contribution in [2.75, 3.05) is 44.3 Å². The zero-order valence-corrected chi connectivity index (χ0v) is 19.7. The number of amides is 1. The number of hydrogen-bond donors (Lipinski definition) is 0. The Bertz CT molecular complexity index is 1250. The number of carbonyl (C=O) groups is 1. The molecule has 0 bridgehead atoms. The molecule has 0 saturated carbocycles. The van der Waals surface area contributed by atoms with Gasteiger partial charge in [-0.3, -0.25) is 14.6 Å². The minimum Gasteiger partial charge on any atom is -0.379 e. The van der Waals surface area contributed by atoms with Crippen LogP contribution in [0.25, 0.3) is 20.3 Å². The molecular formula is C22H19Cl2N3O2S2. The standard InChI is InChI=1S/C22H19Cl2N3O2S2/c23-14-5-6-16-18(13-14)31-22(25-16)27(8-7-26-9-11-29-12-10-26)21(28)20-19(24)15-3-1-2-4-17(15)30-20/h1-6,13H,7-12H2. The lowest BCUT2D eigenvalue weighted by Gasteiger charge is -2.29. The second kappa shape index (κ2) is 9.02. The maximum absolute atomic E-state index is 13.7. The molecule has 5 nitrogen and oxygen atoms in total. The fourth-order valence-corrected chi connectivity index (χ4v) is 6.35. The molecule has 0 unspecified atom stereocenters. The number of carbonyl (C=O) groups excluding carboxylic acids is 1. The number of thiophene rings is 1. The van der Waals surface area contributed by atoms with Crippen LogP contribution < -0.4 is 4.90 Å². The van der Waals surface area contributed by atoms with Crippen molar-refractivity contribution in [2.24, 2.45) is 0 Å². The lowest BCUT2D eigenvalue weighted by molar-refractivity contribution is 0.0391. The first kappa shape index (κ1) is 21.1. The molecule has 1 saturated heterocycles. The minimum absolute atomic E-state index is 0.121. The second-order valence-corrected chi connectivity index (χ2v) is 10.1. The Morgan fingerprint density at radius 1 is 1.10 bits per heavy atom. The Balaban J connectivity index is 1.51. The van der Waals surface area contributed by atoms with Crippen LogP contribution in [0.2, 0.25) is 10.0 Å². The van der Waals surface area contributed by atoms with Gasteiger partial charge < -0.3 is 4.74 Å². The van der Waals surface area contributed by atoms with E-state index in [9.17, 15) is 4.79 Å². The van der Waals surface area contributed by atoms with Crippen molar-refractivity contribution in [3.05, 3.63) is 57.4 Å². The first-order valence-electron chi connectivity index (χ1n) is 9.95. The Hall–Kier alpha value is -1.74. The van der Waals surface area contributed by atoms with Gasteiger partial charge in [0.05, 0.1) is 28.5 Å². The summed E-state index contributed by atoms with van der Waals surface area (Å²) in [5.41, 5.74) is 0.830. The minimum atomic E-state index is -0.121. The molecule has 4 aromatic rings. The summed E-state index contributed by atoms with van der Waals surface area (Å²) in [5.74, 6) is -0.121. The third kappa shape index (κ3) is 4.31. The Morgan fingerprint density at radius 3 is 2.71 bits per heavy atom. The number of hydrogen-bond acceptors (Lipinski definition) is 6. The molecule has 160 valence electrons. The van der Waals surface area contributed by atoms with Crippen molar-refractivity contribution in [2.45, 2.75) is 0 Å². The highest BCUT2D eigenvalue weighted by atomic mass is 35.5. The number of nitrogens with zero attached hydrogens (tertiary/aromatic N) is 3. The van der Waals surface area contributed by atoms with Gasteiger partial charge in [-0.05, 0) is 24.3 Å². The van der Waals surface area contributed by atoms with Gasteiger partial charge in [0.25, 0.3) is 5.91 Å². The smallest absolute Gasteiger partial charge is 0.271 e. The molecule has 9 heteroatoms. The molecule has 2 aromatic heterocycles. The number of aromatic nitrogens is 1. The number of morpholine rings is 1. The molecule has 0 aliphatic carbocycles. The summed E-state index contributed by atoms with van der Waals surface area (Å²) in [6, 6.07) is 13.4. The van der Waals surface area contributed by atoms with Crippen molar-refractivity contribution >= 4 is 77.2 Å². The summed E-state index contributed by atoms with van der Waals surface area (Å²) in [4.78, 5) is 23.0. The fraction of sp³-hybridized carbons (Fsp3) is 0.273. The van der Waals surface area contributed by atoms with E-state index in [4.69, 9.17) is 32.9 Å². The van der Waals surface area contributed by atoms with Crippen LogP contribution >= 0.6 is 45.9 Å². The van der Waals surface area contributed by atoms with E-state index in [2.05, 4.69) is 4.90 Å². The molecule has 0 atom stereocenters. The van der Waals surface area contributed by atoms with Crippen LogP contribution in [0.5, 0.6) is 0 Å². The molecule has 1 amide bonds. The monoisotopic (exact) mass is 491 g/mol. The van der Waals surface area contributed by atoms with Gasteiger partial charge in [0.1, 0.15) is 4.88 Å². The van der Waals surface area contributed by atoms with E-state index < -0.39 is 0 Å². The van der Waals surface area contributed by atoms with Crippen molar-refractivity contribution in [1.82, 2.24) is 9.88 Å². The summed E-state index contributed by atoms with van der Waals surface area (Å²) in [7, 11) is 0. The van der Waals surface area contributed by atoms with Crippen molar-refractivity contribution < 1.29 is 9.53 Å². The van der Waals surface area contributed by atoms with Crippen LogP contribution in [0.3, 0.4) is 0 Å². The number of thiazole rings is 1. The van der Waals surface area contributed by atoms with E-state index in [1.165, 1.54) is 22.7 Å². The van der Waals surface area contributed by atoms with Crippen LogP contribution in [-0.4, -0.2) is 55.2 Å². The molecule has 1 aliphatic rings. The molecule has 31 heavy (non-hydrogen) atoms. The van der Waals surface area contributed by atoms with E-state index in [-0.39, 0.29) is 5.91 Å². The van der Waals surface area contributed by atoms with Crippen LogP contribution in [0.1, 0.15) is 9.67 Å². The molecule has 0 N–H and O–H groups in total. The molecule has 0 radical (unpaired) electrons. The van der Waals surface area contributed by atoms with Crippen LogP contribution in [0.4, 0.5) is 5.13 Å². The lowest BCUT2D eigenvalue weighted by atomic mass is 10.2. The number of rotatable bonds is 5. The van der Waals surface area contributed by atoms with E-state index in [1.54, 1.807) is 4.90 Å². The zero-order valence-electron chi connectivity index (χ0n) is 16.5. The van der Waals surface area contributed by atoms with Crippen molar-refractivity contribution in [1.29, 1.82) is 0 Å². The number of benzene rings is 2. The molecule has 0 spiro atoms. The van der Waals surface area contributed by atoms with Gasteiger partial charge in [0.15, 0.2) is 5.13 Å². The van der Waals surface area contributed by atoms with Gasteiger partial charge in [-0.1, -0.05) is 52.7 Å². The van der Waals surface area contributed by atoms with Crippen molar-refractivity contribution in [3.8, 4) is 0 Å². The Labute approximate surface area is 197 Å². The molecular weight excluding hydrogens is 473 g/mol. The van der Waals surface area contributed by atoms with Crippen LogP contribution in [-0.2, 0) is 4.74 Å². The topological polar surface area (TPSA) is 45.7 Å². The largest absolute Gasteiger partial charge is 0.379 e. The van der Waals surface area contributed by atoms with Gasteiger partial charge in [-0.2, -0.15) is 0 Å². The highest BCUT2D eigenvalue weighted by molar-refractivity contribution is 7.23. The summed E-state index contributed by atoms with van der Waals surface area (Å²) in [5, 5.41) is 2.72. The number of halogens is 2. The molecule has 2 aromatic carbocycles. The predicted molar refractivity (Wildman–Crippen MR) is 130 cm³/mol. The maximum Gasteiger partial charge on any atom is 0.271 e. The van der Waals surface area contributed by atoms with Gasteiger partial charge >= 0.3 is 0 Å². The Morgan fingerprint density at radius 2 is 1.90 bits per heavy atom. The lowest BCUT2D eigenvalue weighted by Crippen LogP contribution is -2.43. The highest BCUT2D eigenvalue weighted by Gasteiger charge is 2.27. The number of anilines is 1. The first-order chi connectivity index (χ1) is 15.1. The van der Waals surface area contributed by atoms with Crippen LogP contribution in [0, 0.1) is 0 Å². The molecule has 1 fully saturated rings. The first-order valence-corrected chi connectivity index (χ1v) is 12.3. The number of ether oxygens (including phenoxy) is 1. The summed E-state index contributed by atoms with van der Waals surface area (Å²) in [6.07, 6.45) is 0. The van der Waals surface area contributed by atoms with Gasteiger partial charge in [0, 0.05) is 41.3 Å². The fourth-order valence-electron chi connectivity index (χ4n) is 3.63. The quantitative estimate of drug-likeness (QED) is 0.354.